The number of rotatable bonds is 6. The maximum atomic E-state index is 12.9. The highest BCUT2D eigenvalue weighted by Crippen LogP contribution is 2.28. The van der Waals surface area contributed by atoms with Crippen molar-refractivity contribution < 1.29 is 9.53 Å². The lowest BCUT2D eigenvalue weighted by molar-refractivity contribution is -0.133. The molecule has 1 unspecified atom stereocenters. The minimum absolute atomic E-state index is 0.243. The summed E-state index contributed by atoms with van der Waals surface area (Å²) in [5, 5.41) is 4.31. The van der Waals surface area contributed by atoms with Gasteiger partial charge in [0.05, 0.1) is 25.9 Å². The van der Waals surface area contributed by atoms with E-state index in [1.807, 2.05) is 46.2 Å². The average Bonchev–Trinajstić information content (AvgIpc) is 3.41. The number of piperazine rings is 1. The second-order valence-electron chi connectivity index (χ2n) is 7.53. The second-order valence-corrected chi connectivity index (χ2v) is 7.53. The van der Waals surface area contributed by atoms with Gasteiger partial charge in [-0.25, -0.2) is 0 Å². The van der Waals surface area contributed by atoms with Crippen LogP contribution in [0.1, 0.15) is 12.8 Å². The van der Waals surface area contributed by atoms with Gasteiger partial charge in [0, 0.05) is 44.6 Å². The molecule has 3 heterocycles. The van der Waals surface area contributed by atoms with Gasteiger partial charge in [0.2, 0.25) is 5.91 Å². The zero-order valence-corrected chi connectivity index (χ0v) is 16.5. The van der Waals surface area contributed by atoms with Gasteiger partial charge in [0.25, 0.3) is 0 Å². The zero-order valence-electron chi connectivity index (χ0n) is 16.5. The van der Waals surface area contributed by atoms with Crippen molar-refractivity contribution in [3.8, 4) is 5.75 Å². The minimum atomic E-state index is 0.243. The average molecular weight is 383 g/mol. The van der Waals surface area contributed by atoms with Gasteiger partial charge in [0.15, 0.2) is 0 Å². The Morgan fingerprint density at radius 2 is 1.96 bits per heavy atom. The van der Waals surface area contributed by atoms with E-state index in [9.17, 15) is 4.79 Å². The number of hydrogen-bond acceptors (Lipinski definition) is 5. The normalized spacial score (nSPS) is 20.5. The van der Waals surface area contributed by atoms with Crippen LogP contribution in [0.25, 0.3) is 0 Å². The van der Waals surface area contributed by atoms with E-state index in [1.165, 1.54) is 0 Å². The van der Waals surface area contributed by atoms with Gasteiger partial charge in [-0.2, -0.15) is 5.10 Å². The summed E-state index contributed by atoms with van der Waals surface area (Å²) in [5.74, 6) is 1.13. The number of anilines is 1. The van der Waals surface area contributed by atoms with Crippen LogP contribution in [0, 0.1) is 0 Å². The number of aromatic nitrogens is 2. The van der Waals surface area contributed by atoms with E-state index < -0.39 is 0 Å². The van der Waals surface area contributed by atoms with E-state index >= 15 is 0 Å². The number of nitrogens with zero attached hydrogens (tertiary/aromatic N) is 5. The van der Waals surface area contributed by atoms with E-state index in [4.69, 9.17) is 4.74 Å². The van der Waals surface area contributed by atoms with Crippen molar-refractivity contribution in [1.29, 1.82) is 0 Å². The minimum Gasteiger partial charge on any atom is -0.495 e. The van der Waals surface area contributed by atoms with Crippen molar-refractivity contribution in [3.63, 3.8) is 0 Å². The van der Waals surface area contributed by atoms with Crippen LogP contribution in [0.4, 0.5) is 5.69 Å². The summed E-state index contributed by atoms with van der Waals surface area (Å²) in [6, 6.07) is 10.4. The van der Waals surface area contributed by atoms with Crippen LogP contribution < -0.4 is 9.64 Å². The summed E-state index contributed by atoms with van der Waals surface area (Å²) in [6.07, 6.45) is 6.09. The largest absolute Gasteiger partial charge is 0.495 e. The highest BCUT2D eigenvalue weighted by atomic mass is 16.5. The Bertz CT molecular complexity index is 771. The molecule has 2 aromatic rings. The van der Waals surface area contributed by atoms with E-state index in [-0.39, 0.29) is 5.91 Å². The summed E-state index contributed by atoms with van der Waals surface area (Å²) in [5.41, 5.74) is 1.11. The molecular formula is C21H29N5O2. The molecule has 2 fully saturated rings. The molecule has 1 atom stereocenters. The van der Waals surface area contributed by atoms with Crippen LogP contribution >= 0.6 is 0 Å². The maximum Gasteiger partial charge on any atom is 0.236 e. The lowest BCUT2D eigenvalue weighted by atomic mass is 10.2. The summed E-state index contributed by atoms with van der Waals surface area (Å²) < 4.78 is 7.45. The van der Waals surface area contributed by atoms with Crippen LogP contribution in [-0.4, -0.2) is 77.9 Å². The number of para-hydroxylation sites is 2. The van der Waals surface area contributed by atoms with Gasteiger partial charge in [-0.1, -0.05) is 12.1 Å². The summed E-state index contributed by atoms with van der Waals surface area (Å²) in [6.45, 7) is 5.57. The summed E-state index contributed by atoms with van der Waals surface area (Å²) >= 11 is 0. The number of amides is 1. The Balaban J connectivity index is 1.30. The Hall–Kier alpha value is -2.54. The Labute approximate surface area is 166 Å². The molecule has 0 N–H and O–H groups in total. The van der Waals surface area contributed by atoms with Gasteiger partial charge in [-0.15, -0.1) is 0 Å². The second kappa shape index (κ2) is 8.65. The molecule has 0 aliphatic carbocycles. The fourth-order valence-electron chi connectivity index (χ4n) is 4.30. The van der Waals surface area contributed by atoms with E-state index in [1.54, 1.807) is 7.11 Å². The number of benzene rings is 1. The van der Waals surface area contributed by atoms with Crippen LogP contribution in [0.15, 0.2) is 42.7 Å². The van der Waals surface area contributed by atoms with E-state index in [0.29, 0.717) is 12.6 Å². The molecule has 150 valence electrons. The van der Waals surface area contributed by atoms with Gasteiger partial charge < -0.3 is 14.5 Å². The topological polar surface area (TPSA) is 53.8 Å². The first-order valence-electron chi connectivity index (χ1n) is 10.1. The zero-order chi connectivity index (χ0) is 19.3. The first kappa shape index (κ1) is 18.8. The summed E-state index contributed by atoms with van der Waals surface area (Å²) in [7, 11) is 1.70. The molecule has 1 aromatic heterocycles. The molecule has 7 nitrogen and oxygen atoms in total. The molecule has 1 aromatic carbocycles. The number of carbonyl (C=O) groups is 1. The molecule has 4 rings (SSSR count). The maximum absolute atomic E-state index is 12.9. The van der Waals surface area contributed by atoms with Crippen LogP contribution in [0.2, 0.25) is 0 Å². The van der Waals surface area contributed by atoms with Crippen molar-refractivity contribution in [1.82, 2.24) is 19.6 Å². The molecule has 2 aliphatic rings. The van der Waals surface area contributed by atoms with Crippen molar-refractivity contribution in [2.75, 3.05) is 51.3 Å². The van der Waals surface area contributed by atoms with Crippen LogP contribution in [-0.2, 0) is 11.3 Å². The molecule has 0 saturated carbocycles. The predicted molar refractivity (Wildman–Crippen MR) is 109 cm³/mol. The Morgan fingerprint density at radius 1 is 1.14 bits per heavy atom. The third-order valence-electron chi connectivity index (χ3n) is 5.85. The standard InChI is InChI=1S/C21H29N5O2/c1-28-20-8-3-2-7-19(20)23-12-14-24(15-13-23)21(27)17-25-10-4-6-18(25)16-26-11-5-9-22-26/h2-3,5,7-9,11,18H,4,6,10,12-17H2,1H3. The third-order valence-corrected chi connectivity index (χ3v) is 5.85. The molecule has 2 aliphatic heterocycles. The number of carbonyl (C=O) groups excluding carboxylic acids is 1. The highest BCUT2D eigenvalue weighted by Gasteiger charge is 2.29. The van der Waals surface area contributed by atoms with Crippen LogP contribution in [0.5, 0.6) is 5.75 Å². The lowest BCUT2D eigenvalue weighted by Crippen LogP contribution is -2.52. The third kappa shape index (κ3) is 4.14. The van der Waals surface area contributed by atoms with Crippen molar-refractivity contribution >= 4 is 11.6 Å². The number of hydrogen-bond donors (Lipinski definition) is 0. The SMILES string of the molecule is COc1ccccc1N1CCN(C(=O)CN2CCCC2Cn2cccn2)CC1. The fourth-order valence-corrected chi connectivity index (χ4v) is 4.30. The van der Waals surface area contributed by atoms with Crippen molar-refractivity contribution in [2.24, 2.45) is 0 Å². The van der Waals surface area contributed by atoms with Crippen molar-refractivity contribution in [3.05, 3.63) is 42.7 Å². The van der Waals surface area contributed by atoms with E-state index in [2.05, 4.69) is 21.0 Å². The Morgan fingerprint density at radius 3 is 2.71 bits per heavy atom. The molecule has 0 radical (unpaired) electrons. The van der Waals surface area contributed by atoms with E-state index in [0.717, 1.165) is 63.5 Å². The number of ether oxygens (including phenoxy) is 1. The first-order chi connectivity index (χ1) is 13.7. The van der Waals surface area contributed by atoms with Crippen LogP contribution in [0.3, 0.4) is 0 Å². The highest BCUT2D eigenvalue weighted by molar-refractivity contribution is 5.78. The van der Waals surface area contributed by atoms with Crippen molar-refractivity contribution in [2.45, 2.75) is 25.4 Å². The quantitative estimate of drug-likeness (QED) is 0.760. The molecule has 28 heavy (non-hydrogen) atoms. The molecule has 0 bridgehead atoms. The first-order valence-corrected chi connectivity index (χ1v) is 10.1. The number of likely N-dealkylation sites (tertiary alicyclic amines) is 1. The molecule has 7 heteroatoms. The Kier molecular flexibility index (Phi) is 5.81. The summed E-state index contributed by atoms with van der Waals surface area (Å²) in [4.78, 5) is 19.5. The predicted octanol–water partition coefficient (Wildman–Crippen LogP) is 1.70. The fraction of sp³-hybridized carbons (Fsp3) is 0.524. The molecule has 2 saturated heterocycles. The molecular weight excluding hydrogens is 354 g/mol. The molecule has 1 amide bonds. The van der Waals surface area contributed by atoms with Gasteiger partial charge >= 0.3 is 0 Å². The molecule has 0 spiro atoms. The number of methoxy groups -OCH3 is 1. The van der Waals surface area contributed by atoms with Gasteiger partial charge in [-0.3, -0.25) is 14.4 Å². The monoisotopic (exact) mass is 383 g/mol. The smallest absolute Gasteiger partial charge is 0.236 e. The van der Waals surface area contributed by atoms with Gasteiger partial charge in [-0.05, 0) is 37.6 Å². The lowest BCUT2D eigenvalue weighted by Gasteiger charge is -2.37. The van der Waals surface area contributed by atoms with Gasteiger partial charge in [0.1, 0.15) is 5.75 Å².